The van der Waals surface area contributed by atoms with Gasteiger partial charge in [-0.1, -0.05) is 12.1 Å². The summed E-state index contributed by atoms with van der Waals surface area (Å²) < 4.78 is 27.5. The Labute approximate surface area is 131 Å². The van der Waals surface area contributed by atoms with Crippen molar-refractivity contribution >= 4 is 15.7 Å². The molecule has 1 amide bonds. The van der Waals surface area contributed by atoms with Crippen molar-refractivity contribution in [3.05, 3.63) is 29.8 Å². The topological polar surface area (TPSA) is 92.7 Å². The van der Waals surface area contributed by atoms with E-state index in [-0.39, 0.29) is 30.4 Å². The van der Waals surface area contributed by atoms with E-state index >= 15 is 0 Å². The lowest BCUT2D eigenvalue weighted by Gasteiger charge is -2.22. The number of carbonyl (C=O) groups is 1. The lowest BCUT2D eigenvalue weighted by atomic mass is 10.1. The summed E-state index contributed by atoms with van der Waals surface area (Å²) in [6.07, 6.45) is 1.92. The molecule has 1 atom stereocenters. The van der Waals surface area contributed by atoms with Crippen molar-refractivity contribution in [3.8, 4) is 0 Å². The first-order valence-electron chi connectivity index (χ1n) is 6.91. The van der Waals surface area contributed by atoms with Gasteiger partial charge in [0.2, 0.25) is 5.91 Å². The molecule has 6 nitrogen and oxygen atoms in total. The third kappa shape index (κ3) is 6.55. The molecule has 0 fully saturated rings. The fraction of sp³-hybridized carbons (Fsp3) is 0.533. The molecule has 0 aliphatic heterocycles. The van der Waals surface area contributed by atoms with Crippen molar-refractivity contribution < 1.29 is 23.1 Å². The summed E-state index contributed by atoms with van der Waals surface area (Å²) in [5.74, 6) is -0.177. The summed E-state index contributed by atoms with van der Waals surface area (Å²) in [5, 5.41) is 12.5. The second-order valence-electron chi connectivity index (χ2n) is 5.62. The van der Waals surface area contributed by atoms with Crippen molar-refractivity contribution in [1.29, 1.82) is 0 Å². The van der Waals surface area contributed by atoms with Crippen LogP contribution in [0.1, 0.15) is 18.9 Å². The summed E-state index contributed by atoms with van der Waals surface area (Å²) >= 11 is 0. The van der Waals surface area contributed by atoms with Gasteiger partial charge in [-0.25, -0.2) is 8.42 Å². The highest BCUT2D eigenvalue weighted by Crippen LogP contribution is 2.11. The quantitative estimate of drug-likeness (QED) is 0.726. The van der Waals surface area contributed by atoms with Crippen molar-refractivity contribution in [2.24, 2.45) is 0 Å². The highest BCUT2D eigenvalue weighted by atomic mass is 32.2. The fourth-order valence-electron chi connectivity index (χ4n) is 1.90. The lowest BCUT2D eigenvalue weighted by molar-refractivity contribution is -0.122. The molecule has 2 N–H and O–H groups in total. The van der Waals surface area contributed by atoms with Crippen LogP contribution in [-0.4, -0.2) is 51.5 Å². The van der Waals surface area contributed by atoms with Gasteiger partial charge in [0.15, 0.2) is 9.84 Å². The zero-order valence-corrected chi connectivity index (χ0v) is 13.9. The van der Waals surface area contributed by atoms with E-state index in [4.69, 9.17) is 4.74 Å². The zero-order chi connectivity index (χ0) is 16.8. The first-order valence-corrected chi connectivity index (χ1v) is 8.80. The largest absolute Gasteiger partial charge is 0.386 e. The van der Waals surface area contributed by atoms with Gasteiger partial charge in [-0.3, -0.25) is 4.79 Å². The summed E-state index contributed by atoms with van der Waals surface area (Å²) in [6, 6.07) is 6.47. The molecule has 0 aliphatic carbocycles. The van der Waals surface area contributed by atoms with E-state index in [0.717, 1.165) is 11.8 Å². The third-order valence-corrected chi connectivity index (χ3v) is 4.24. The van der Waals surface area contributed by atoms with Gasteiger partial charge in [0.1, 0.15) is 5.60 Å². The second-order valence-corrected chi connectivity index (χ2v) is 7.64. The van der Waals surface area contributed by atoms with E-state index < -0.39 is 15.4 Å². The van der Waals surface area contributed by atoms with Crippen LogP contribution in [0, 0.1) is 0 Å². The van der Waals surface area contributed by atoms with Gasteiger partial charge < -0.3 is 15.2 Å². The number of ether oxygens (including phenoxy) is 1. The minimum atomic E-state index is -3.20. The number of nitrogens with one attached hydrogen (secondary N) is 1. The Hall–Kier alpha value is -1.44. The summed E-state index contributed by atoms with van der Waals surface area (Å²) in [5.41, 5.74) is -0.215. The Morgan fingerprint density at radius 3 is 2.41 bits per heavy atom. The number of hydrogen-bond acceptors (Lipinski definition) is 5. The smallest absolute Gasteiger partial charge is 0.220 e. The summed E-state index contributed by atoms with van der Waals surface area (Å²) in [4.78, 5) is 12.0. The maximum Gasteiger partial charge on any atom is 0.220 e. The number of sulfone groups is 1. The molecule has 0 aromatic heterocycles. The van der Waals surface area contributed by atoms with Crippen LogP contribution < -0.4 is 5.32 Å². The number of benzene rings is 1. The van der Waals surface area contributed by atoms with Crippen LogP contribution in [0.25, 0.3) is 0 Å². The van der Waals surface area contributed by atoms with E-state index in [1.807, 2.05) is 0 Å². The molecule has 0 saturated carbocycles. The molecule has 7 heteroatoms. The minimum absolute atomic E-state index is 0.118. The van der Waals surface area contributed by atoms with Crippen LogP contribution in [-0.2, 0) is 25.8 Å². The highest BCUT2D eigenvalue weighted by Gasteiger charge is 2.20. The number of rotatable bonds is 8. The molecular weight excluding hydrogens is 306 g/mol. The molecule has 1 aromatic carbocycles. The number of methoxy groups -OCH3 is 1. The second kappa shape index (κ2) is 7.71. The van der Waals surface area contributed by atoms with Crippen LogP contribution in [0.2, 0.25) is 0 Å². The van der Waals surface area contributed by atoms with Gasteiger partial charge in [-0.05, 0) is 31.0 Å². The van der Waals surface area contributed by atoms with Crippen molar-refractivity contribution in [1.82, 2.24) is 5.32 Å². The monoisotopic (exact) mass is 329 g/mol. The van der Waals surface area contributed by atoms with E-state index in [9.17, 15) is 18.3 Å². The highest BCUT2D eigenvalue weighted by molar-refractivity contribution is 7.90. The standard InChI is InChI=1S/C15H23NO5S/c1-15(18,11-21-2)10-16-14(17)9-6-12-4-7-13(8-5-12)22(3,19)20/h4-5,7-8,18H,6,9-11H2,1-3H3,(H,16,17)/t15-/m0/s1. The average molecular weight is 329 g/mol. The van der Waals surface area contributed by atoms with Gasteiger partial charge in [0, 0.05) is 26.3 Å². The maximum absolute atomic E-state index is 11.7. The van der Waals surface area contributed by atoms with Crippen molar-refractivity contribution in [2.75, 3.05) is 26.5 Å². The molecule has 0 aliphatic rings. The van der Waals surface area contributed by atoms with E-state index in [2.05, 4.69) is 5.32 Å². The number of aliphatic hydroxyl groups is 1. The van der Waals surface area contributed by atoms with Gasteiger partial charge in [-0.15, -0.1) is 0 Å². The minimum Gasteiger partial charge on any atom is -0.386 e. The Balaban J connectivity index is 2.45. The van der Waals surface area contributed by atoms with Crippen LogP contribution in [0.5, 0.6) is 0 Å². The molecular formula is C15H23NO5S. The number of amides is 1. The Morgan fingerprint density at radius 1 is 1.32 bits per heavy atom. The molecule has 0 bridgehead atoms. The van der Waals surface area contributed by atoms with E-state index in [1.54, 1.807) is 19.1 Å². The molecule has 0 spiro atoms. The van der Waals surface area contributed by atoms with Crippen molar-refractivity contribution in [3.63, 3.8) is 0 Å². The number of hydrogen-bond donors (Lipinski definition) is 2. The predicted octanol–water partition coefficient (Wildman–Crippen LogP) is 0.536. The molecule has 0 unspecified atom stereocenters. The SMILES string of the molecule is COC[C@@](C)(O)CNC(=O)CCc1ccc(S(C)(=O)=O)cc1. The van der Waals surface area contributed by atoms with Crippen LogP contribution >= 0.6 is 0 Å². The Morgan fingerprint density at radius 2 is 1.91 bits per heavy atom. The molecule has 0 heterocycles. The predicted molar refractivity (Wildman–Crippen MR) is 83.4 cm³/mol. The lowest BCUT2D eigenvalue weighted by Crippen LogP contribution is -2.43. The van der Waals surface area contributed by atoms with Crippen molar-refractivity contribution in [2.45, 2.75) is 30.3 Å². The first kappa shape index (κ1) is 18.6. The molecule has 124 valence electrons. The normalized spacial score (nSPS) is 14.4. The Kier molecular flexibility index (Phi) is 6.52. The van der Waals surface area contributed by atoms with Gasteiger partial charge >= 0.3 is 0 Å². The average Bonchev–Trinajstić information content (AvgIpc) is 2.42. The van der Waals surface area contributed by atoms with E-state index in [0.29, 0.717) is 6.42 Å². The summed E-state index contributed by atoms with van der Waals surface area (Å²) in [6.45, 7) is 1.84. The molecule has 22 heavy (non-hydrogen) atoms. The summed E-state index contributed by atoms with van der Waals surface area (Å²) in [7, 11) is -1.72. The van der Waals surface area contributed by atoms with Crippen LogP contribution in [0.4, 0.5) is 0 Å². The third-order valence-electron chi connectivity index (χ3n) is 3.11. The molecule has 0 saturated heterocycles. The zero-order valence-electron chi connectivity index (χ0n) is 13.1. The van der Waals surface area contributed by atoms with E-state index in [1.165, 1.54) is 19.2 Å². The maximum atomic E-state index is 11.7. The van der Waals surface area contributed by atoms with Gasteiger partial charge in [0.25, 0.3) is 0 Å². The van der Waals surface area contributed by atoms with Gasteiger partial charge in [-0.2, -0.15) is 0 Å². The first-order chi connectivity index (χ1) is 10.1. The molecule has 0 radical (unpaired) electrons. The van der Waals surface area contributed by atoms with Gasteiger partial charge in [0.05, 0.1) is 11.5 Å². The van der Waals surface area contributed by atoms with Crippen LogP contribution in [0.15, 0.2) is 29.2 Å². The molecule has 1 aromatic rings. The van der Waals surface area contributed by atoms with Crippen LogP contribution in [0.3, 0.4) is 0 Å². The number of aryl methyl sites for hydroxylation is 1. The Bertz CT molecular complexity index is 593. The number of carbonyl (C=O) groups excluding carboxylic acids is 1. The fourth-order valence-corrected chi connectivity index (χ4v) is 2.53. The molecule has 1 rings (SSSR count).